The summed E-state index contributed by atoms with van der Waals surface area (Å²) >= 11 is 0. The predicted molar refractivity (Wildman–Crippen MR) is 98.3 cm³/mol. The Balaban J connectivity index is 2.23. The molecule has 0 aromatic heterocycles. The van der Waals surface area contributed by atoms with E-state index in [2.05, 4.69) is 51.1 Å². The first-order chi connectivity index (χ1) is 11.1. The van der Waals surface area contributed by atoms with Crippen molar-refractivity contribution < 1.29 is 9.59 Å². The van der Waals surface area contributed by atoms with Gasteiger partial charge in [0, 0.05) is 6.42 Å². The molecule has 1 aliphatic carbocycles. The van der Waals surface area contributed by atoms with E-state index in [0.717, 1.165) is 42.6 Å². The van der Waals surface area contributed by atoms with Gasteiger partial charge in [-0.05, 0) is 45.1 Å². The van der Waals surface area contributed by atoms with Gasteiger partial charge >= 0.3 is 0 Å². The molecule has 0 amide bonds. The zero-order valence-corrected chi connectivity index (χ0v) is 15.4. The van der Waals surface area contributed by atoms with Crippen molar-refractivity contribution >= 4 is 0 Å². The van der Waals surface area contributed by atoms with Crippen molar-refractivity contribution in [2.45, 2.75) is 64.9 Å². The fourth-order valence-corrected chi connectivity index (χ4v) is 4.44. The van der Waals surface area contributed by atoms with E-state index in [0.29, 0.717) is 5.92 Å². The van der Waals surface area contributed by atoms with Gasteiger partial charge in [-0.25, -0.2) is 0 Å². The zero-order valence-electron chi connectivity index (χ0n) is 15.4. The van der Waals surface area contributed by atoms with Crippen LogP contribution in [0.3, 0.4) is 0 Å². The lowest BCUT2D eigenvalue weighted by Gasteiger charge is -2.43. The Morgan fingerprint density at radius 3 is 2.04 bits per heavy atom. The van der Waals surface area contributed by atoms with E-state index >= 15 is 0 Å². The number of quaternary nitrogens is 1. The van der Waals surface area contributed by atoms with Crippen LogP contribution < -0.4 is 0 Å². The van der Waals surface area contributed by atoms with Crippen LogP contribution in [-0.2, 0) is 5.60 Å². The van der Waals surface area contributed by atoms with E-state index in [9.17, 15) is 5.11 Å². The Hall–Kier alpha value is -0.860. The number of hydrogen-bond donors (Lipinski definition) is 1. The van der Waals surface area contributed by atoms with Gasteiger partial charge in [0.25, 0.3) is 0 Å². The molecular weight excluding hydrogens is 282 g/mol. The van der Waals surface area contributed by atoms with Crippen LogP contribution in [0.1, 0.15) is 64.9 Å². The highest BCUT2D eigenvalue weighted by Crippen LogP contribution is 2.42. The number of benzene rings is 1. The molecule has 1 aromatic rings. The summed E-state index contributed by atoms with van der Waals surface area (Å²) in [5.41, 5.74) is 0.485. The second-order valence-corrected chi connectivity index (χ2v) is 7.39. The molecule has 23 heavy (non-hydrogen) atoms. The Morgan fingerprint density at radius 1 is 0.957 bits per heavy atom. The van der Waals surface area contributed by atoms with Crippen LogP contribution >= 0.6 is 0 Å². The second-order valence-electron chi connectivity index (χ2n) is 7.39. The van der Waals surface area contributed by atoms with Gasteiger partial charge in [-0.15, -0.1) is 0 Å². The summed E-state index contributed by atoms with van der Waals surface area (Å²) in [6.45, 7) is 11.4. The van der Waals surface area contributed by atoms with E-state index in [1.807, 2.05) is 0 Å². The minimum atomic E-state index is -0.648. The summed E-state index contributed by atoms with van der Waals surface area (Å²) in [5.74, 6) is 0.422. The van der Waals surface area contributed by atoms with Crippen molar-refractivity contribution in [1.29, 1.82) is 0 Å². The second kappa shape index (κ2) is 8.30. The topological polar surface area (TPSA) is 20.2 Å². The fraction of sp³-hybridized carbons (Fsp3) is 0.714. The summed E-state index contributed by atoms with van der Waals surface area (Å²) in [6, 6.07) is 10.5. The molecule has 1 N–H and O–H groups in total. The third kappa shape index (κ3) is 4.16. The fourth-order valence-electron chi connectivity index (χ4n) is 4.44. The molecular formula is C21H36NO+. The SMILES string of the molecule is CC[N+](CC)(CC)CC[C@@](O)(c1ccccc1)C1CCCCC1. The molecule has 0 aliphatic heterocycles. The number of aliphatic hydroxyl groups is 1. The quantitative estimate of drug-likeness (QED) is 0.688. The average Bonchev–Trinajstić information content (AvgIpc) is 2.64. The molecule has 1 saturated carbocycles. The van der Waals surface area contributed by atoms with E-state index < -0.39 is 5.60 Å². The van der Waals surface area contributed by atoms with Crippen molar-refractivity contribution in [1.82, 2.24) is 0 Å². The van der Waals surface area contributed by atoms with Crippen molar-refractivity contribution in [3.63, 3.8) is 0 Å². The van der Waals surface area contributed by atoms with E-state index in [-0.39, 0.29) is 0 Å². The van der Waals surface area contributed by atoms with Crippen LogP contribution in [-0.4, -0.2) is 35.8 Å². The molecule has 1 atom stereocenters. The smallest absolute Gasteiger partial charge is 0.0978 e. The van der Waals surface area contributed by atoms with Crippen molar-refractivity contribution in [2.75, 3.05) is 26.2 Å². The molecule has 0 heterocycles. The maximum Gasteiger partial charge on any atom is 0.0978 e. The molecule has 0 radical (unpaired) electrons. The van der Waals surface area contributed by atoms with Gasteiger partial charge < -0.3 is 9.59 Å². The van der Waals surface area contributed by atoms with Crippen LogP contribution in [0, 0.1) is 5.92 Å². The van der Waals surface area contributed by atoms with Gasteiger partial charge in [0.1, 0.15) is 0 Å². The maximum absolute atomic E-state index is 11.7. The number of rotatable bonds is 8. The molecule has 130 valence electrons. The lowest BCUT2D eigenvalue weighted by molar-refractivity contribution is -0.924. The molecule has 0 bridgehead atoms. The standard InChI is InChI=1S/C21H36NO/c1-4-22(5-2,6-3)18-17-21(23,19-13-9-7-10-14-19)20-15-11-8-12-16-20/h7,9-10,13-14,20,23H,4-6,8,11-12,15-18H2,1-3H3/q+1/t21-/m1/s1. The largest absolute Gasteiger partial charge is 0.385 e. The third-order valence-electron chi connectivity index (χ3n) is 6.53. The summed E-state index contributed by atoms with van der Waals surface area (Å²) in [4.78, 5) is 0. The highest BCUT2D eigenvalue weighted by atomic mass is 16.3. The van der Waals surface area contributed by atoms with Gasteiger partial charge in [-0.1, -0.05) is 49.6 Å². The average molecular weight is 319 g/mol. The predicted octanol–water partition coefficient (Wildman–Crippen LogP) is 4.72. The molecule has 1 aromatic carbocycles. The monoisotopic (exact) mass is 318 g/mol. The summed E-state index contributed by atoms with van der Waals surface area (Å²) in [5, 5.41) is 11.7. The van der Waals surface area contributed by atoms with E-state index in [4.69, 9.17) is 0 Å². The number of nitrogens with zero attached hydrogens (tertiary/aromatic N) is 1. The van der Waals surface area contributed by atoms with Gasteiger partial charge in [0.15, 0.2) is 0 Å². The maximum atomic E-state index is 11.7. The Bertz CT molecular complexity index is 440. The molecule has 2 heteroatoms. The highest BCUT2D eigenvalue weighted by Gasteiger charge is 2.40. The zero-order chi connectivity index (χ0) is 16.8. The molecule has 0 spiro atoms. The number of hydrogen-bond acceptors (Lipinski definition) is 1. The molecule has 2 nitrogen and oxygen atoms in total. The summed E-state index contributed by atoms with van der Waals surface area (Å²) < 4.78 is 1.11. The molecule has 0 unspecified atom stereocenters. The first kappa shape index (κ1) is 18.5. The summed E-state index contributed by atoms with van der Waals surface area (Å²) in [7, 11) is 0. The lowest BCUT2D eigenvalue weighted by atomic mass is 9.71. The van der Waals surface area contributed by atoms with E-state index in [1.54, 1.807) is 0 Å². The molecule has 1 aliphatic rings. The normalized spacial score (nSPS) is 19.5. The first-order valence-electron chi connectivity index (χ1n) is 9.73. The molecule has 0 saturated heterocycles. The Labute approximate surface area is 143 Å². The minimum Gasteiger partial charge on any atom is -0.385 e. The highest BCUT2D eigenvalue weighted by molar-refractivity contribution is 5.23. The van der Waals surface area contributed by atoms with Crippen LogP contribution in [0.25, 0.3) is 0 Å². The van der Waals surface area contributed by atoms with Crippen LogP contribution in [0.4, 0.5) is 0 Å². The van der Waals surface area contributed by atoms with Gasteiger partial charge in [-0.3, -0.25) is 0 Å². The molecule has 1 fully saturated rings. The van der Waals surface area contributed by atoms with Gasteiger partial charge in [0.2, 0.25) is 0 Å². The van der Waals surface area contributed by atoms with Crippen molar-refractivity contribution in [3.8, 4) is 0 Å². The lowest BCUT2D eigenvalue weighted by Crippen LogP contribution is -2.51. The van der Waals surface area contributed by atoms with Crippen LogP contribution in [0.5, 0.6) is 0 Å². The molecule has 2 rings (SSSR count). The van der Waals surface area contributed by atoms with Crippen LogP contribution in [0.15, 0.2) is 30.3 Å². The van der Waals surface area contributed by atoms with E-state index in [1.165, 1.54) is 32.1 Å². The Kier molecular flexibility index (Phi) is 6.67. The van der Waals surface area contributed by atoms with Crippen LogP contribution in [0.2, 0.25) is 0 Å². The van der Waals surface area contributed by atoms with Crippen molar-refractivity contribution in [2.24, 2.45) is 5.92 Å². The summed E-state index contributed by atoms with van der Waals surface area (Å²) in [6.07, 6.45) is 7.12. The third-order valence-corrected chi connectivity index (χ3v) is 6.53. The first-order valence-corrected chi connectivity index (χ1v) is 9.73. The Morgan fingerprint density at radius 2 is 1.52 bits per heavy atom. The van der Waals surface area contributed by atoms with Gasteiger partial charge in [-0.2, -0.15) is 0 Å². The van der Waals surface area contributed by atoms with Gasteiger partial charge in [0.05, 0.1) is 31.8 Å². The van der Waals surface area contributed by atoms with Crippen molar-refractivity contribution in [3.05, 3.63) is 35.9 Å². The minimum absolute atomic E-state index is 0.422.